The second-order valence-corrected chi connectivity index (χ2v) is 10.1. The second kappa shape index (κ2) is 12.7. The van der Waals surface area contributed by atoms with Gasteiger partial charge < -0.3 is 24.8 Å². The van der Waals surface area contributed by atoms with E-state index in [0.29, 0.717) is 22.6 Å². The molecule has 2 N–H and O–H groups in total. The van der Waals surface area contributed by atoms with Gasteiger partial charge in [0.05, 0.1) is 23.4 Å². The van der Waals surface area contributed by atoms with Crippen molar-refractivity contribution < 1.29 is 22.3 Å². The molecule has 1 aliphatic heterocycles. The molecule has 5 nitrogen and oxygen atoms in total. The van der Waals surface area contributed by atoms with E-state index in [1.807, 2.05) is 30.5 Å². The zero-order valence-electron chi connectivity index (χ0n) is 21.5. The Balaban J connectivity index is 1.57. The Bertz CT molecular complexity index is 1290. The molecule has 204 valence electrons. The van der Waals surface area contributed by atoms with Crippen LogP contribution in [0.15, 0.2) is 47.4 Å². The molecule has 3 aromatic rings. The van der Waals surface area contributed by atoms with Gasteiger partial charge in [-0.3, -0.25) is 0 Å². The fraction of sp³-hybridized carbons (Fsp3) is 0.429. The summed E-state index contributed by atoms with van der Waals surface area (Å²) in [7, 11) is 2.09. The number of nitrogens with zero attached hydrogens (tertiary/aromatic N) is 2. The van der Waals surface area contributed by atoms with Crippen molar-refractivity contribution in [3.05, 3.63) is 48.2 Å². The lowest BCUT2D eigenvalue weighted by atomic mass is 10.0. The van der Waals surface area contributed by atoms with Crippen LogP contribution in [-0.2, 0) is 6.54 Å². The number of thioether (sulfide) groups is 1. The van der Waals surface area contributed by atoms with Crippen molar-refractivity contribution in [2.75, 3.05) is 56.9 Å². The highest BCUT2D eigenvalue weighted by Gasteiger charge is 2.30. The molecule has 0 spiro atoms. The first-order valence-electron chi connectivity index (χ1n) is 12.5. The van der Waals surface area contributed by atoms with E-state index in [0.717, 1.165) is 41.9 Å². The van der Waals surface area contributed by atoms with Gasteiger partial charge in [-0.05, 0) is 81.6 Å². The molecule has 2 aromatic carbocycles. The number of hydrogen-bond donors (Lipinski definition) is 2. The number of ether oxygens (including phenoxy) is 1. The van der Waals surface area contributed by atoms with Gasteiger partial charge in [-0.25, -0.2) is 4.39 Å². The van der Waals surface area contributed by atoms with Gasteiger partial charge in [0.15, 0.2) is 0 Å². The first-order chi connectivity index (χ1) is 18.3. The molecule has 1 aliphatic rings. The summed E-state index contributed by atoms with van der Waals surface area (Å²) in [6.45, 7) is 0.340. The number of rotatable bonds is 9. The number of hydrogen-bond acceptors (Lipinski definition) is 5. The fourth-order valence-corrected chi connectivity index (χ4v) is 4.98. The average Bonchev–Trinajstić information content (AvgIpc) is 3.23. The Morgan fingerprint density at radius 2 is 1.89 bits per heavy atom. The quantitative estimate of drug-likeness (QED) is 0.188. The predicted octanol–water partition coefficient (Wildman–Crippen LogP) is 6.24. The summed E-state index contributed by atoms with van der Waals surface area (Å²) in [6.07, 6.45) is -0.506. The number of benzene rings is 2. The zero-order valence-corrected chi connectivity index (χ0v) is 22.3. The molecule has 1 saturated heterocycles. The van der Waals surface area contributed by atoms with Crippen molar-refractivity contribution in [3.8, 4) is 17.6 Å². The van der Waals surface area contributed by atoms with Gasteiger partial charge in [-0.2, -0.15) is 13.2 Å². The van der Waals surface area contributed by atoms with Crippen molar-refractivity contribution in [3.63, 3.8) is 0 Å². The van der Waals surface area contributed by atoms with Gasteiger partial charge in [0.25, 0.3) is 0 Å². The highest BCUT2D eigenvalue weighted by atomic mass is 32.2. The number of nitrogens with one attached hydrogen (secondary N) is 2. The Kier molecular flexibility index (Phi) is 9.34. The van der Waals surface area contributed by atoms with Gasteiger partial charge in [0.1, 0.15) is 25.6 Å². The van der Waals surface area contributed by atoms with Crippen LogP contribution in [0.5, 0.6) is 5.75 Å². The van der Waals surface area contributed by atoms with Gasteiger partial charge in [0, 0.05) is 22.0 Å². The number of likely N-dealkylation sites (tertiary alicyclic amines) is 1. The van der Waals surface area contributed by atoms with E-state index >= 15 is 0 Å². The highest BCUT2D eigenvalue weighted by Crippen LogP contribution is 2.32. The fourth-order valence-electron chi connectivity index (χ4n) is 4.55. The molecular formula is C28H32F4N4OS. The first kappa shape index (κ1) is 28.0. The molecule has 0 radical (unpaired) electrons. The topological polar surface area (TPSA) is 41.5 Å². The standard InChI is InChI=1S/C28H32F4N4OS/c1-35-14-10-20(11-15-35)34-24-6-3-7-26-23(24)17-21(36(26)19-28(30,31)32)5-4-13-33-25-9-8-22(38-2)18-27(25)37-16-12-29/h3,6-9,17-18,20,33-34H,10-16,19H2,1-2H3. The van der Waals surface area contributed by atoms with Crippen LogP contribution in [0.1, 0.15) is 18.5 Å². The van der Waals surface area contributed by atoms with Crippen molar-refractivity contribution in [2.24, 2.45) is 0 Å². The molecule has 4 rings (SSSR count). The molecule has 0 atom stereocenters. The van der Waals surface area contributed by atoms with Crippen LogP contribution in [0.25, 0.3) is 10.9 Å². The van der Waals surface area contributed by atoms with Crippen LogP contribution < -0.4 is 15.4 Å². The maximum absolute atomic E-state index is 13.5. The van der Waals surface area contributed by atoms with Gasteiger partial charge in [0.2, 0.25) is 0 Å². The number of halogens is 4. The van der Waals surface area contributed by atoms with Gasteiger partial charge in [-0.1, -0.05) is 12.0 Å². The molecule has 10 heteroatoms. The minimum atomic E-state index is -4.39. The summed E-state index contributed by atoms with van der Waals surface area (Å²) < 4.78 is 59.9. The van der Waals surface area contributed by atoms with E-state index in [4.69, 9.17) is 4.74 Å². The Labute approximate surface area is 224 Å². The summed E-state index contributed by atoms with van der Waals surface area (Å²) in [5, 5.41) is 7.41. The Morgan fingerprint density at radius 1 is 1.11 bits per heavy atom. The molecular weight excluding hydrogens is 516 g/mol. The summed E-state index contributed by atoms with van der Waals surface area (Å²) in [6, 6.07) is 12.9. The smallest absolute Gasteiger partial charge is 0.406 e. The number of fused-ring (bicyclic) bond motifs is 1. The summed E-state index contributed by atoms with van der Waals surface area (Å²) in [5.41, 5.74) is 2.25. The highest BCUT2D eigenvalue weighted by molar-refractivity contribution is 7.98. The van der Waals surface area contributed by atoms with E-state index in [1.165, 1.54) is 16.3 Å². The molecule has 1 fully saturated rings. The third-order valence-electron chi connectivity index (χ3n) is 6.47. The molecule has 0 aliphatic carbocycles. The number of piperidine rings is 1. The Hall–Kier alpha value is -3.03. The molecule has 0 saturated carbocycles. The van der Waals surface area contributed by atoms with Crippen LogP contribution in [0.2, 0.25) is 0 Å². The van der Waals surface area contributed by atoms with E-state index in [1.54, 1.807) is 18.2 Å². The monoisotopic (exact) mass is 548 g/mol. The lowest BCUT2D eigenvalue weighted by Crippen LogP contribution is -2.36. The third kappa shape index (κ3) is 7.29. The first-order valence-corrected chi connectivity index (χ1v) is 13.7. The van der Waals surface area contributed by atoms with Crippen LogP contribution in [0.3, 0.4) is 0 Å². The minimum absolute atomic E-state index is 0.0658. The maximum atomic E-state index is 13.5. The lowest BCUT2D eigenvalue weighted by molar-refractivity contribution is -0.140. The maximum Gasteiger partial charge on any atom is 0.406 e. The lowest BCUT2D eigenvalue weighted by Gasteiger charge is -2.30. The molecule has 2 heterocycles. The number of aromatic nitrogens is 1. The van der Waals surface area contributed by atoms with E-state index in [9.17, 15) is 17.6 Å². The largest absolute Gasteiger partial charge is 0.489 e. The van der Waals surface area contributed by atoms with Crippen LogP contribution in [0, 0.1) is 11.8 Å². The second-order valence-electron chi connectivity index (χ2n) is 9.25. The van der Waals surface area contributed by atoms with Crippen LogP contribution in [-0.4, -0.2) is 67.9 Å². The van der Waals surface area contributed by atoms with Crippen molar-refractivity contribution in [1.82, 2.24) is 9.47 Å². The predicted molar refractivity (Wildman–Crippen MR) is 147 cm³/mol. The Morgan fingerprint density at radius 3 is 2.61 bits per heavy atom. The van der Waals surface area contributed by atoms with E-state index < -0.39 is 19.4 Å². The van der Waals surface area contributed by atoms with Crippen molar-refractivity contribution in [1.29, 1.82) is 0 Å². The molecule has 1 aromatic heterocycles. The number of anilines is 2. The zero-order chi connectivity index (χ0) is 27.1. The van der Waals surface area contributed by atoms with Crippen LogP contribution >= 0.6 is 11.8 Å². The van der Waals surface area contributed by atoms with Crippen molar-refractivity contribution >= 4 is 34.0 Å². The average molecular weight is 549 g/mol. The molecule has 0 bridgehead atoms. The van der Waals surface area contributed by atoms with Crippen molar-refractivity contribution in [2.45, 2.75) is 36.5 Å². The van der Waals surface area contributed by atoms with Crippen LogP contribution in [0.4, 0.5) is 28.9 Å². The number of alkyl halides is 4. The normalized spacial score (nSPS) is 14.8. The molecule has 0 amide bonds. The third-order valence-corrected chi connectivity index (χ3v) is 7.19. The van der Waals surface area contributed by atoms with Gasteiger partial charge in [-0.15, -0.1) is 11.8 Å². The summed E-state index contributed by atoms with van der Waals surface area (Å²) in [5.74, 6) is 6.38. The molecule has 38 heavy (non-hydrogen) atoms. The minimum Gasteiger partial charge on any atom is -0.489 e. The SMILES string of the molecule is CSc1ccc(NCC#Cc2cc3c(NC4CCN(C)CC4)cccc3n2CC(F)(F)F)c(OCCF)c1. The summed E-state index contributed by atoms with van der Waals surface area (Å²) in [4.78, 5) is 3.24. The van der Waals surface area contributed by atoms with Gasteiger partial charge >= 0.3 is 6.18 Å². The molecule has 0 unspecified atom stereocenters. The van der Waals surface area contributed by atoms with E-state index in [-0.39, 0.29) is 19.2 Å². The van der Waals surface area contributed by atoms with E-state index in [2.05, 4.69) is 34.4 Å². The summed E-state index contributed by atoms with van der Waals surface area (Å²) >= 11 is 1.54.